The summed E-state index contributed by atoms with van der Waals surface area (Å²) in [5.74, 6) is -0.140. The molecule has 1 aliphatic heterocycles. The second-order valence-corrected chi connectivity index (χ2v) is 3.65. The Hall–Kier alpha value is -0.610. The highest BCUT2D eigenvalue weighted by atomic mass is 16.5. The van der Waals surface area contributed by atoms with Crippen molar-refractivity contribution in [2.45, 2.75) is 37.8 Å². The molecule has 0 bridgehead atoms. The lowest BCUT2D eigenvalue weighted by Gasteiger charge is -2.12. The molecule has 4 nitrogen and oxygen atoms in total. The molecule has 0 saturated carbocycles. The largest absolute Gasteiger partial charge is 0.468 e. The van der Waals surface area contributed by atoms with E-state index in [1.807, 2.05) is 0 Å². The van der Waals surface area contributed by atoms with Crippen molar-refractivity contribution in [1.82, 2.24) is 5.32 Å². The SMILES string of the molecule is COCCCC1CCC(C(=O)OC)N1. The van der Waals surface area contributed by atoms with Gasteiger partial charge in [-0.15, -0.1) is 0 Å². The van der Waals surface area contributed by atoms with Crippen LogP contribution in [0.15, 0.2) is 0 Å². The average molecular weight is 201 g/mol. The standard InChI is InChI=1S/C10H19NO3/c1-13-7-3-4-8-5-6-9(11-8)10(12)14-2/h8-9,11H,3-7H2,1-2H3. The average Bonchev–Trinajstić information content (AvgIpc) is 2.66. The number of rotatable bonds is 5. The Morgan fingerprint density at radius 1 is 1.43 bits per heavy atom. The fourth-order valence-corrected chi connectivity index (χ4v) is 1.85. The van der Waals surface area contributed by atoms with Crippen molar-refractivity contribution in [2.75, 3.05) is 20.8 Å². The molecule has 0 radical (unpaired) electrons. The van der Waals surface area contributed by atoms with E-state index >= 15 is 0 Å². The number of esters is 1. The van der Waals surface area contributed by atoms with Gasteiger partial charge >= 0.3 is 5.97 Å². The Morgan fingerprint density at radius 3 is 2.86 bits per heavy atom. The van der Waals surface area contributed by atoms with Crippen LogP contribution in [-0.4, -0.2) is 38.9 Å². The van der Waals surface area contributed by atoms with Crippen molar-refractivity contribution in [1.29, 1.82) is 0 Å². The fourth-order valence-electron chi connectivity index (χ4n) is 1.85. The molecule has 82 valence electrons. The number of carbonyl (C=O) groups excluding carboxylic acids is 1. The van der Waals surface area contributed by atoms with Gasteiger partial charge in [0.05, 0.1) is 7.11 Å². The molecular formula is C10H19NO3. The van der Waals surface area contributed by atoms with Crippen LogP contribution in [0.25, 0.3) is 0 Å². The van der Waals surface area contributed by atoms with Gasteiger partial charge in [-0.25, -0.2) is 0 Å². The zero-order valence-corrected chi connectivity index (χ0v) is 8.91. The Balaban J connectivity index is 2.17. The number of ether oxygens (including phenoxy) is 2. The molecule has 1 heterocycles. The molecule has 0 spiro atoms. The third-order valence-corrected chi connectivity index (χ3v) is 2.63. The van der Waals surface area contributed by atoms with Gasteiger partial charge in [-0.3, -0.25) is 4.79 Å². The minimum Gasteiger partial charge on any atom is -0.468 e. The summed E-state index contributed by atoms with van der Waals surface area (Å²) >= 11 is 0. The summed E-state index contributed by atoms with van der Waals surface area (Å²) in [5, 5.41) is 3.27. The lowest BCUT2D eigenvalue weighted by molar-refractivity contribution is -0.142. The molecule has 2 atom stereocenters. The topological polar surface area (TPSA) is 47.6 Å². The zero-order valence-electron chi connectivity index (χ0n) is 8.91. The number of hydrogen-bond donors (Lipinski definition) is 1. The third kappa shape index (κ3) is 3.27. The molecule has 0 aliphatic carbocycles. The second kappa shape index (κ2) is 5.98. The fraction of sp³-hybridized carbons (Fsp3) is 0.900. The lowest BCUT2D eigenvalue weighted by Crippen LogP contribution is -2.36. The Bertz CT molecular complexity index is 184. The van der Waals surface area contributed by atoms with E-state index in [2.05, 4.69) is 10.1 Å². The summed E-state index contributed by atoms with van der Waals surface area (Å²) in [6.07, 6.45) is 4.07. The first-order valence-electron chi connectivity index (χ1n) is 5.10. The van der Waals surface area contributed by atoms with Crippen LogP contribution in [0.2, 0.25) is 0 Å². The van der Waals surface area contributed by atoms with Crippen LogP contribution >= 0.6 is 0 Å². The molecule has 1 N–H and O–H groups in total. The predicted molar refractivity (Wildman–Crippen MR) is 53.1 cm³/mol. The van der Waals surface area contributed by atoms with E-state index in [1.54, 1.807) is 7.11 Å². The number of nitrogens with one attached hydrogen (secondary N) is 1. The normalized spacial score (nSPS) is 26.4. The first-order valence-corrected chi connectivity index (χ1v) is 5.10. The number of hydrogen-bond acceptors (Lipinski definition) is 4. The molecule has 0 amide bonds. The maximum atomic E-state index is 11.2. The maximum absolute atomic E-state index is 11.2. The lowest BCUT2D eigenvalue weighted by atomic mass is 10.1. The molecular weight excluding hydrogens is 182 g/mol. The van der Waals surface area contributed by atoms with E-state index < -0.39 is 0 Å². The van der Waals surface area contributed by atoms with Crippen molar-refractivity contribution in [2.24, 2.45) is 0 Å². The van der Waals surface area contributed by atoms with Crippen LogP contribution < -0.4 is 5.32 Å². The van der Waals surface area contributed by atoms with E-state index in [-0.39, 0.29) is 12.0 Å². The molecule has 0 aromatic carbocycles. The van der Waals surface area contributed by atoms with E-state index in [4.69, 9.17) is 4.74 Å². The highest BCUT2D eigenvalue weighted by Gasteiger charge is 2.28. The second-order valence-electron chi connectivity index (χ2n) is 3.65. The first kappa shape index (κ1) is 11.5. The summed E-state index contributed by atoms with van der Waals surface area (Å²) < 4.78 is 9.66. The summed E-state index contributed by atoms with van der Waals surface area (Å²) in [6.45, 7) is 0.793. The zero-order chi connectivity index (χ0) is 10.4. The molecule has 1 rings (SSSR count). The smallest absolute Gasteiger partial charge is 0.322 e. The minimum absolute atomic E-state index is 0.0902. The van der Waals surface area contributed by atoms with E-state index in [0.717, 1.165) is 32.3 Å². The summed E-state index contributed by atoms with van der Waals surface area (Å²) in [5.41, 5.74) is 0. The maximum Gasteiger partial charge on any atom is 0.322 e. The van der Waals surface area contributed by atoms with Crippen LogP contribution in [0.4, 0.5) is 0 Å². The molecule has 1 saturated heterocycles. The van der Waals surface area contributed by atoms with Crippen LogP contribution in [0.3, 0.4) is 0 Å². The summed E-state index contributed by atoms with van der Waals surface area (Å²) in [4.78, 5) is 11.2. The van der Waals surface area contributed by atoms with Crippen molar-refractivity contribution in [3.63, 3.8) is 0 Å². The van der Waals surface area contributed by atoms with E-state index in [0.29, 0.717) is 6.04 Å². The Labute approximate surface area is 85.0 Å². The van der Waals surface area contributed by atoms with Gasteiger partial charge in [0.15, 0.2) is 0 Å². The van der Waals surface area contributed by atoms with Gasteiger partial charge in [-0.05, 0) is 25.7 Å². The highest BCUT2D eigenvalue weighted by molar-refractivity contribution is 5.76. The van der Waals surface area contributed by atoms with Crippen molar-refractivity contribution < 1.29 is 14.3 Å². The van der Waals surface area contributed by atoms with E-state index in [9.17, 15) is 4.79 Å². The molecule has 1 aliphatic rings. The van der Waals surface area contributed by atoms with Gasteiger partial charge in [0.1, 0.15) is 6.04 Å². The molecule has 2 unspecified atom stereocenters. The minimum atomic E-state index is -0.140. The number of carbonyl (C=O) groups is 1. The predicted octanol–water partition coefficient (Wildman–Crippen LogP) is 0.707. The van der Waals surface area contributed by atoms with Gasteiger partial charge in [-0.1, -0.05) is 0 Å². The molecule has 0 aromatic heterocycles. The van der Waals surface area contributed by atoms with Gasteiger partial charge in [0.25, 0.3) is 0 Å². The van der Waals surface area contributed by atoms with Crippen LogP contribution in [0.5, 0.6) is 0 Å². The van der Waals surface area contributed by atoms with Crippen molar-refractivity contribution >= 4 is 5.97 Å². The van der Waals surface area contributed by atoms with Crippen LogP contribution in [-0.2, 0) is 14.3 Å². The number of methoxy groups -OCH3 is 2. The first-order chi connectivity index (χ1) is 6.77. The van der Waals surface area contributed by atoms with Gasteiger partial charge in [-0.2, -0.15) is 0 Å². The van der Waals surface area contributed by atoms with Crippen LogP contribution in [0, 0.1) is 0 Å². The van der Waals surface area contributed by atoms with Gasteiger partial charge < -0.3 is 14.8 Å². The molecule has 1 fully saturated rings. The van der Waals surface area contributed by atoms with E-state index in [1.165, 1.54) is 7.11 Å². The highest BCUT2D eigenvalue weighted by Crippen LogP contribution is 2.17. The quantitative estimate of drug-likeness (QED) is 0.525. The molecule has 14 heavy (non-hydrogen) atoms. The Morgan fingerprint density at radius 2 is 2.21 bits per heavy atom. The van der Waals surface area contributed by atoms with Crippen LogP contribution in [0.1, 0.15) is 25.7 Å². The van der Waals surface area contributed by atoms with Crippen molar-refractivity contribution in [3.8, 4) is 0 Å². The molecule has 0 aromatic rings. The van der Waals surface area contributed by atoms with Gasteiger partial charge in [0, 0.05) is 19.8 Å². The molecule has 4 heteroatoms. The van der Waals surface area contributed by atoms with Gasteiger partial charge in [0.2, 0.25) is 0 Å². The van der Waals surface area contributed by atoms with Crippen molar-refractivity contribution in [3.05, 3.63) is 0 Å². The summed E-state index contributed by atoms with van der Waals surface area (Å²) in [6, 6.07) is 0.363. The Kier molecular flexibility index (Phi) is 4.90. The third-order valence-electron chi connectivity index (χ3n) is 2.63. The summed E-state index contributed by atoms with van der Waals surface area (Å²) in [7, 11) is 3.14. The monoisotopic (exact) mass is 201 g/mol.